The predicted octanol–water partition coefficient (Wildman–Crippen LogP) is 0.865. The standard InChI is InChI=1S/C7H11NO/c1-7(6-8-2)4-3-5-9/h3-6,8H,1-2H3/b4-3-,7-6-. The molecule has 0 rings (SSSR count). The molecule has 0 bridgehead atoms. The van der Waals surface area contributed by atoms with Crippen molar-refractivity contribution in [3.8, 4) is 0 Å². The molecule has 0 aromatic carbocycles. The van der Waals surface area contributed by atoms with Gasteiger partial charge in [-0.2, -0.15) is 0 Å². The molecule has 2 nitrogen and oxygen atoms in total. The number of hydrogen-bond donors (Lipinski definition) is 1. The van der Waals surface area contributed by atoms with Crippen LogP contribution in [0.15, 0.2) is 23.9 Å². The number of allylic oxidation sites excluding steroid dienone is 3. The summed E-state index contributed by atoms with van der Waals surface area (Å²) in [6, 6.07) is 0. The summed E-state index contributed by atoms with van der Waals surface area (Å²) in [5.41, 5.74) is 1.03. The van der Waals surface area contributed by atoms with Gasteiger partial charge in [-0.05, 0) is 24.8 Å². The zero-order valence-corrected chi connectivity index (χ0v) is 5.72. The Morgan fingerprint density at radius 1 is 1.56 bits per heavy atom. The minimum atomic E-state index is 0.757. The summed E-state index contributed by atoms with van der Waals surface area (Å²) in [7, 11) is 1.82. The predicted molar refractivity (Wildman–Crippen MR) is 38.0 cm³/mol. The van der Waals surface area contributed by atoms with Crippen molar-refractivity contribution >= 4 is 6.29 Å². The van der Waals surface area contributed by atoms with Gasteiger partial charge in [0.1, 0.15) is 6.29 Å². The third-order valence-corrected chi connectivity index (χ3v) is 0.810. The highest BCUT2D eigenvalue weighted by Gasteiger charge is 1.75. The maximum absolute atomic E-state index is 9.78. The Morgan fingerprint density at radius 2 is 2.22 bits per heavy atom. The van der Waals surface area contributed by atoms with Crippen molar-refractivity contribution in [2.75, 3.05) is 7.05 Å². The molecule has 0 aliphatic rings. The van der Waals surface area contributed by atoms with E-state index in [9.17, 15) is 4.79 Å². The van der Waals surface area contributed by atoms with Crippen LogP contribution in [0.3, 0.4) is 0 Å². The molecule has 0 heterocycles. The average molecular weight is 125 g/mol. The Kier molecular flexibility index (Phi) is 4.50. The Bertz CT molecular complexity index is 136. The smallest absolute Gasteiger partial charge is 0.142 e. The van der Waals surface area contributed by atoms with Gasteiger partial charge in [0.15, 0.2) is 0 Å². The molecule has 0 aliphatic heterocycles. The number of nitrogens with one attached hydrogen (secondary N) is 1. The first kappa shape index (κ1) is 7.95. The van der Waals surface area contributed by atoms with E-state index in [4.69, 9.17) is 0 Å². The fourth-order valence-corrected chi connectivity index (χ4v) is 0.467. The van der Waals surface area contributed by atoms with Gasteiger partial charge < -0.3 is 5.32 Å². The summed E-state index contributed by atoms with van der Waals surface area (Å²) >= 11 is 0. The summed E-state index contributed by atoms with van der Waals surface area (Å²) in [6.07, 6.45) is 5.78. The molecule has 0 amide bonds. The van der Waals surface area contributed by atoms with Crippen LogP contribution < -0.4 is 5.32 Å². The molecule has 0 aliphatic carbocycles. The SMILES string of the molecule is CN/C=C(C)\C=C/C=O. The van der Waals surface area contributed by atoms with Crippen LogP contribution in [0.25, 0.3) is 0 Å². The lowest BCUT2D eigenvalue weighted by Gasteiger charge is -1.88. The fourth-order valence-electron chi connectivity index (χ4n) is 0.467. The van der Waals surface area contributed by atoms with Gasteiger partial charge in [-0.15, -0.1) is 0 Å². The van der Waals surface area contributed by atoms with Crippen molar-refractivity contribution in [1.29, 1.82) is 0 Å². The molecule has 0 aromatic heterocycles. The number of carbonyl (C=O) groups excluding carboxylic acids is 1. The Hall–Kier alpha value is -1.05. The number of rotatable bonds is 3. The van der Waals surface area contributed by atoms with E-state index >= 15 is 0 Å². The second kappa shape index (κ2) is 5.09. The van der Waals surface area contributed by atoms with Crippen LogP contribution in [0.5, 0.6) is 0 Å². The average Bonchev–Trinajstić information content (AvgIpc) is 1.85. The van der Waals surface area contributed by atoms with Crippen LogP contribution in [-0.2, 0) is 4.79 Å². The van der Waals surface area contributed by atoms with Gasteiger partial charge >= 0.3 is 0 Å². The number of carbonyl (C=O) groups is 1. The number of aldehydes is 1. The molecule has 0 saturated heterocycles. The maximum atomic E-state index is 9.78. The minimum absolute atomic E-state index is 0.757. The van der Waals surface area contributed by atoms with Gasteiger partial charge in [0.25, 0.3) is 0 Å². The van der Waals surface area contributed by atoms with Crippen molar-refractivity contribution in [2.45, 2.75) is 6.92 Å². The number of hydrogen-bond acceptors (Lipinski definition) is 2. The monoisotopic (exact) mass is 125 g/mol. The first-order valence-corrected chi connectivity index (χ1v) is 2.77. The Balaban J connectivity index is 3.74. The molecule has 0 atom stereocenters. The van der Waals surface area contributed by atoms with E-state index in [2.05, 4.69) is 5.32 Å². The fraction of sp³-hybridized carbons (Fsp3) is 0.286. The van der Waals surface area contributed by atoms with Crippen molar-refractivity contribution in [3.63, 3.8) is 0 Å². The lowest BCUT2D eigenvalue weighted by Crippen LogP contribution is -1.92. The molecule has 0 radical (unpaired) electrons. The van der Waals surface area contributed by atoms with Crippen LogP contribution in [0.2, 0.25) is 0 Å². The van der Waals surface area contributed by atoms with Crippen molar-refractivity contribution < 1.29 is 4.79 Å². The van der Waals surface area contributed by atoms with Gasteiger partial charge in [0, 0.05) is 7.05 Å². The summed E-state index contributed by atoms with van der Waals surface area (Å²) in [5.74, 6) is 0. The van der Waals surface area contributed by atoms with E-state index in [1.54, 1.807) is 6.08 Å². The third-order valence-electron chi connectivity index (χ3n) is 0.810. The minimum Gasteiger partial charge on any atom is -0.394 e. The molecule has 2 heteroatoms. The van der Waals surface area contributed by atoms with Gasteiger partial charge in [0.05, 0.1) is 0 Å². The molecule has 0 spiro atoms. The van der Waals surface area contributed by atoms with Crippen LogP contribution in [0, 0.1) is 0 Å². The second-order valence-corrected chi connectivity index (χ2v) is 1.67. The van der Waals surface area contributed by atoms with Crippen LogP contribution in [0.4, 0.5) is 0 Å². The molecule has 0 fully saturated rings. The zero-order chi connectivity index (χ0) is 7.11. The normalized spacial score (nSPS) is 12.0. The maximum Gasteiger partial charge on any atom is 0.142 e. The first-order valence-electron chi connectivity index (χ1n) is 2.77. The van der Waals surface area contributed by atoms with E-state index in [-0.39, 0.29) is 0 Å². The lowest BCUT2D eigenvalue weighted by molar-refractivity contribution is -0.104. The third kappa shape index (κ3) is 4.81. The van der Waals surface area contributed by atoms with Crippen molar-refractivity contribution in [1.82, 2.24) is 5.32 Å². The quantitative estimate of drug-likeness (QED) is 0.344. The van der Waals surface area contributed by atoms with Gasteiger partial charge in [0.2, 0.25) is 0 Å². The summed E-state index contributed by atoms with van der Waals surface area (Å²) in [5, 5.41) is 2.85. The van der Waals surface area contributed by atoms with Gasteiger partial charge in [-0.25, -0.2) is 0 Å². The highest BCUT2D eigenvalue weighted by Crippen LogP contribution is 1.89. The molecule has 50 valence electrons. The molecule has 1 N–H and O–H groups in total. The van der Waals surface area contributed by atoms with Crippen LogP contribution >= 0.6 is 0 Å². The Labute approximate surface area is 55.3 Å². The van der Waals surface area contributed by atoms with E-state index in [0.29, 0.717) is 0 Å². The van der Waals surface area contributed by atoms with Gasteiger partial charge in [-0.3, -0.25) is 4.79 Å². The largest absolute Gasteiger partial charge is 0.394 e. The Morgan fingerprint density at radius 3 is 2.67 bits per heavy atom. The molecule has 0 aromatic rings. The lowest BCUT2D eigenvalue weighted by atomic mass is 10.3. The van der Waals surface area contributed by atoms with E-state index in [0.717, 1.165) is 11.9 Å². The summed E-state index contributed by atoms with van der Waals surface area (Å²) in [4.78, 5) is 9.78. The van der Waals surface area contributed by atoms with Crippen molar-refractivity contribution in [3.05, 3.63) is 23.9 Å². The molecule has 0 unspecified atom stereocenters. The van der Waals surface area contributed by atoms with E-state index < -0.39 is 0 Å². The van der Waals surface area contributed by atoms with Crippen LogP contribution in [0.1, 0.15) is 6.92 Å². The highest BCUT2D eigenvalue weighted by atomic mass is 16.1. The zero-order valence-electron chi connectivity index (χ0n) is 5.72. The topological polar surface area (TPSA) is 29.1 Å². The summed E-state index contributed by atoms with van der Waals surface area (Å²) < 4.78 is 0. The molecule has 0 saturated carbocycles. The first-order chi connectivity index (χ1) is 4.31. The van der Waals surface area contributed by atoms with E-state index in [1.807, 2.05) is 20.2 Å². The second-order valence-electron chi connectivity index (χ2n) is 1.67. The summed E-state index contributed by atoms with van der Waals surface area (Å²) in [6.45, 7) is 1.91. The van der Waals surface area contributed by atoms with Gasteiger partial charge in [-0.1, -0.05) is 6.08 Å². The molecular weight excluding hydrogens is 114 g/mol. The molecule has 9 heavy (non-hydrogen) atoms. The van der Waals surface area contributed by atoms with E-state index in [1.165, 1.54) is 6.08 Å². The van der Waals surface area contributed by atoms with Crippen LogP contribution in [-0.4, -0.2) is 13.3 Å². The highest BCUT2D eigenvalue weighted by molar-refractivity contribution is 5.65. The van der Waals surface area contributed by atoms with Crippen molar-refractivity contribution in [2.24, 2.45) is 0 Å². The molecular formula is C7H11NO.